The van der Waals surface area contributed by atoms with E-state index in [-0.39, 0.29) is 63.7 Å². The van der Waals surface area contributed by atoms with Crippen LogP contribution in [0.15, 0.2) is 9.98 Å². The molecule has 0 radical (unpaired) electrons. The molecule has 0 aliphatic carbocycles. The Hall–Kier alpha value is -6.84. The van der Waals surface area contributed by atoms with Gasteiger partial charge in [-0.15, -0.1) is 0 Å². The maximum Gasteiger partial charge on any atom is 0.328 e. The van der Waals surface area contributed by atoms with Gasteiger partial charge in [-0.3, -0.25) is 53.1 Å². The largest absolute Gasteiger partial charge is 0.481 e. The van der Waals surface area contributed by atoms with Crippen LogP contribution in [0.2, 0.25) is 0 Å². The number of aliphatic carboxylic acids is 2. The molecule has 22 N–H and O–H groups in total. The van der Waals surface area contributed by atoms with Crippen LogP contribution in [0.3, 0.4) is 0 Å². The first-order chi connectivity index (χ1) is 28.6. The van der Waals surface area contributed by atoms with Gasteiger partial charge < -0.3 is 86.9 Å². The highest BCUT2D eigenvalue weighted by Crippen LogP contribution is 2.20. The molecule has 0 aromatic rings. The summed E-state index contributed by atoms with van der Waals surface area (Å²) in [5, 5.41) is 39.4. The maximum atomic E-state index is 13.9. The van der Waals surface area contributed by atoms with Crippen LogP contribution in [0.5, 0.6) is 0 Å². The topological polar surface area (TPSA) is 502 Å². The number of carboxylic acid groups (broad SMARTS) is 2. The number of aliphatic imine (C=N–C) groups is 2. The second-order valence-electron chi connectivity index (χ2n) is 13.8. The molecule has 0 spiro atoms. The number of carboxylic acids is 2. The van der Waals surface area contributed by atoms with E-state index in [0.717, 1.165) is 4.90 Å². The molecule has 1 heterocycles. The summed E-state index contributed by atoms with van der Waals surface area (Å²) in [4.78, 5) is 136. The van der Waals surface area contributed by atoms with Crippen molar-refractivity contribution in [3.63, 3.8) is 0 Å². The molecule has 0 aromatic heterocycles. The number of aliphatic hydroxyl groups excluding tert-OH is 1. The molecule has 1 rings (SSSR count). The lowest BCUT2D eigenvalue weighted by Gasteiger charge is -2.30. The molecule has 28 heteroatoms. The lowest BCUT2D eigenvalue weighted by atomic mass is 10.0. The van der Waals surface area contributed by atoms with Crippen LogP contribution < -0.4 is 66.7 Å². The lowest BCUT2D eigenvalue weighted by molar-refractivity contribution is -0.146. The Kier molecular flexibility index (Phi) is 22.5. The fourth-order valence-corrected chi connectivity index (χ4v) is 5.81. The number of hydrogen-bond acceptors (Lipinski definition) is 14. The van der Waals surface area contributed by atoms with E-state index in [0.29, 0.717) is 6.42 Å². The van der Waals surface area contributed by atoms with E-state index < -0.39 is 134 Å². The van der Waals surface area contributed by atoms with Crippen LogP contribution in [0.4, 0.5) is 0 Å². The van der Waals surface area contributed by atoms with E-state index in [9.17, 15) is 63.3 Å². The third-order valence-corrected chi connectivity index (χ3v) is 8.86. The summed E-state index contributed by atoms with van der Waals surface area (Å²) in [7, 11) is 0. The first-order valence-corrected chi connectivity index (χ1v) is 18.9. The first kappa shape index (κ1) is 52.2. The summed E-state index contributed by atoms with van der Waals surface area (Å²) in [6.45, 7) is -0.849. The van der Waals surface area contributed by atoms with Gasteiger partial charge in [0.05, 0.1) is 25.5 Å². The monoisotopic (exact) mass is 871 g/mol. The summed E-state index contributed by atoms with van der Waals surface area (Å²) in [5.74, 6) is -11.9. The zero-order valence-corrected chi connectivity index (χ0v) is 33.2. The van der Waals surface area contributed by atoms with Crippen molar-refractivity contribution in [1.29, 1.82) is 0 Å². The number of hydrogen-bond donors (Lipinski definition) is 15. The van der Waals surface area contributed by atoms with Crippen LogP contribution in [-0.2, 0) is 47.9 Å². The van der Waals surface area contributed by atoms with Crippen molar-refractivity contribution in [2.75, 3.05) is 26.2 Å². The van der Waals surface area contributed by atoms with Gasteiger partial charge in [-0.05, 0) is 44.9 Å². The lowest BCUT2D eigenvalue weighted by Crippen LogP contribution is -2.60. The SMILES string of the molecule is NC(=O)CC[C@H](NC(=O)[C@H](CC(=O)O)NC(=O)[C@H](CC(N)=O)NC(=O)[C@@H](N)CCCN=C(N)N)C(=O)N[C@@H](CCCN=C(N)N)C(=O)N1CCC[C@H]1C(=O)N[C@@H](CO)C(=O)O. The van der Waals surface area contributed by atoms with Crippen molar-refractivity contribution < 1.29 is 63.3 Å². The molecule has 0 saturated carbocycles. The number of nitrogens with zero attached hydrogens (tertiary/aromatic N) is 3. The van der Waals surface area contributed by atoms with Gasteiger partial charge in [0.15, 0.2) is 11.9 Å². The van der Waals surface area contributed by atoms with E-state index in [1.54, 1.807) is 0 Å². The Morgan fingerprint density at radius 2 is 1.13 bits per heavy atom. The van der Waals surface area contributed by atoms with Crippen molar-refractivity contribution >= 4 is 71.1 Å². The molecule has 1 aliphatic heterocycles. The smallest absolute Gasteiger partial charge is 0.328 e. The average molecular weight is 872 g/mol. The second-order valence-corrected chi connectivity index (χ2v) is 13.8. The summed E-state index contributed by atoms with van der Waals surface area (Å²) in [6, 6.07) is -11.0. The number of amides is 8. The Morgan fingerprint density at radius 3 is 1.64 bits per heavy atom. The van der Waals surface area contributed by atoms with Crippen molar-refractivity contribution in [2.24, 2.45) is 50.1 Å². The summed E-state index contributed by atoms with van der Waals surface area (Å²) in [5.41, 5.74) is 37.7. The normalized spacial score (nSPS) is 16.2. The third-order valence-electron chi connectivity index (χ3n) is 8.86. The number of likely N-dealkylation sites (tertiary alicyclic amines) is 1. The molecular weight excluding hydrogens is 814 g/mol. The minimum Gasteiger partial charge on any atom is -0.481 e. The summed E-state index contributed by atoms with van der Waals surface area (Å²) < 4.78 is 0. The van der Waals surface area contributed by atoms with Crippen LogP contribution in [0.25, 0.3) is 0 Å². The highest BCUT2D eigenvalue weighted by atomic mass is 16.4. The minimum atomic E-state index is -1.98. The van der Waals surface area contributed by atoms with Crippen molar-refractivity contribution in [3.8, 4) is 0 Å². The number of guanidine groups is 2. The van der Waals surface area contributed by atoms with E-state index in [1.165, 1.54) is 0 Å². The van der Waals surface area contributed by atoms with E-state index in [2.05, 4.69) is 36.6 Å². The number of carbonyl (C=O) groups is 10. The Morgan fingerprint density at radius 1 is 0.623 bits per heavy atom. The molecule has 7 atom stereocenters. The standard InChI is InChI=1S/C33H57N15O13/c34-15(4-1-9-41-32(37)38)25(54)45-18(12-23(36)51)27(56)46-19(13-24(52)53)28(57)43-16(7-8-22(35)50)26(55)44-17(5-2-10-42-33(39)40)30(59)48-11-3-6-21(48)29(58)47-20(14-49)31(60)61/h15-21,49H,1-14,34H2,(H2,35,50)(H2,36,51)(H,43,57)(H,44,55)(H,45,54)(H,46,56)(H,47,58)(H,52,53)(H,60,61)(H4,37,38,41)(H4,39,40,42)/t15-,16-,17-,18-,19-,20-,21-/m0/s1. The number of carbonyl (C=O) groups excluding carboxylic acids is 8. The molecule has 1 fully saturated rings. The summed E-state index contributed by atoms with van der Waals surface area (Å²) >= 11 is 0. The van der Waals surface area contributed by atoms with Gasteiger partial charge in [0.25, 0.3) is 0 Å². The van der Waals surface area contributed by atoms with E-state index in [1.807, 2.05) is 0 Å². The zero-order chi connectivity index (χ0) is 46.4. The van der Waals surface area contributed by atoms with Gasteiger partial charge in [0.2, 0.25) is 47.3 Å². The minimum absolute atomic E-state index is 0.00494. The molecule has 1 saturated heterocycles. The fourth-order valence-electron chi connectivity index (χ4n) is 5.81. The Balaban J connectivity index is 3.38. The Bertz CT molecular complexity index is 1670. The van der Waals surface area contributed by atoms with Gasteiger partial charge in [-0.1, -0.05) is 0 Å². The van der Waals surface area contributed by atoms with Crippen molar-refractivity contribution in [2.45, 2.75) is 107 Å². The van der Waals surface area contributed by atoms with Gasteiger partial charge in [0, 0.05) is 26.1 Å². The molecule has 1 aliphatic rings. The quantitative estimate of drug-likeness (QED) is 0.0197. The predicted molar refractivity (Wildman–Crippen MR) is 211 cm³/mol. The predicted octanol–water partition coefficient (Wildman–Crippen LogP) is -8.47. The molecule has 8 amide bonds. The van der Waals surface area contributed by atoms with Gasteiger partial charge in [-0.25, -0.2) is 4.79 Å². The number of rotatable bonds is 28. The van der Waals surface area contributed by atoms with Gasteiger partial charge >= 0.3 is 11.9 Å². The fraction of sp³-hybridized carbons (Fsp3) is 0.636. The van der Waals surface area contributed by atoms with Crippen LogP contribution in [0, 0.1) is 0 Å². The van der Waals surface area contributed by atoms with E-state index in [4.69, 9.17) is 40.1 Å². The number of nitrogens with two attached hydrogens (primary N) is 7. The average Bonchev–Trinajstić information content (AvgIpc) is 3.66. The van der Waals surface area contributed by atoms with Crippen molar-refractivity contribution in [1.82, 2.24) is 31.5 Å². The van der Waals surface area contributed by atoms with Crippen molar-refractivity contribution in [3.05, 3.63) is 0 Å². The maximum absolute atomic E-state index is 13.9. The number of primary amides is 2. The molecule has 28 nitrogen and oxygen atoms in total. The third kappa shape index (κ3) is 19.6. The van der Waals surface area contributed by atoms with Gasteiger partial charge in [0.1, 0.15) is 36.3 Å². The molecule has 61 heavy (non-hydrogen) atoms. The first-order valence-electron chi connectivity index (χ1n) is 18.9. The van der Waals surface area contributed by atoms with Crippen LogP contribution in [-0.4, -0.2) is 160 Å². The Labute approximate surface area is 348 Å². The number of nitrogens with one attached hydrogen (secondary N) is 5. The van der Waals surface area contributed by atoms with Crippen LogP contribution >= 0.6 is 0 Å². The molecular formula is C33H57N15O13. The number of aliphatic hydroxyl groups is 1. The molecule has 0 unspecified atom stereocenters. The van der Waals surface area contributed by atoms with E-state index >= 15 is 0 Å². The van der Waals surface area contributed by atoms with Gasteiger partial charge in [-0.2, -0.15) is 0 Å². The van der Waals surface area contributed by atoms with Crippen LogP contribution in [0.1, 0.15) is 64.2 Å². The highest BCUT2D eigenvalue weighted by molar-refractivity contribution is 5.99. The molecule has 0 aromatic carbocycles. The second kappa shape index (κ2) is 26.3. The highest BCUT2D eigenvalue weighted by Gasteiger charge is 2.40. The zero-order valence-electron chi connectivity index (χ0n) is 33.2. The molecule has 342 valence electrons. The summed E-state index contributed by atoms with van der Waals surface area (Å²) in [6.07, 6.45) is -2.40. The molecule has 0 bridgehead atoms.